The third-order valence-corrected chi connectivity index (χ3v) is 3.18. The maximum atomic E-state index is 14.0. The predicted octanol–water partition coefficient (Wildman–Crippen LogP) is 4.54. The maximum Gasteiger partial charge on any atom is 0.416 e. The largest absolute Gasteiger partial charge is 0.416 e. The molecule has 0 saturated heterocycles. The third-order valence-electron chi connectivity index (χ3n) is 3.18. The Balaban J connectivity index is 2.50. The zero-order chi connectivity index (χ0) is 15.5. The molecule has 1 N–H and O–H groups in total. The van der Waals surface area contributed by atoms with Crippen LogP contribution in [0.25, 0.3) is 0 Å². The van der Waals surface area contributed by atoms with Crippen molar-refractivity contribution in [2.24, 2.45) is 0 Å². The second-order valence-corrected chi connectivity index (χ2v) is 4.64. The second-order valence-electron chi connectivity index (χ2n) is 4.64. The van der Waals surface area contributed by atoms with E-state index in [0.29, 0.717) is 6.54 Å². The highest BCUT2D eigenvalue weighted by atomic mass is 19.4. The molecule has 0 saturated carbocycles. The van der Waals surface area contributed by atoms with E-state index in [-0.39, 0.29) is 5.56 Å². The summed E-state index contributed by atoms with van der Waals surface area (Å²) >= 11 is 0. The lowest BCUT2D eigenvalue weighted by molar-refractivity contribution is -0.137. The van der Waals surface area contributed by atoms with Crippen LogP contribution in [0.3, 0.4) is 0 Å². The minimum atomic E-state index is -4.49. The number of hydrogen-bond acceptors (Lipinski definition) is 1. The van der Waals surface area contributed by atoms with E-state index < -0.39 is 23.6 Å². The van der Waals surface area contributed by atoms with Gasteiger partial charge in [0.1, 0.15) is 5.82 Å². The summed E-state index contributed by atoms with van der Waals surface area (Å²) in [5.74, 6) is -0.655. The number of halogens is 4. The first-order valence-electron chi connectivity index (χ1n) is 6.58. The summed E-state index contributed by atoms with van der Waals surface area (Å²) in [6.45, 7) is 2.33. The van der Waals surface area contributed by atoms with E-state index in [1.807, 2.05) is 6.92 Å². The molecular weight excluding hydrogens is 282 g/mol. The first-order chi connectivity index (χ1) is 9.93. The fourth-order valence-electron chi connectivity index (χ4n) is 2.20. The zero-order valence-electron chi connectivity index (χ0n) is 11.4. The first-order valence-corrected chi connectivity index (χ1v) is 6.58. The van der Waals surface area contributed by atoms with Crippen molar-refractivity contribution in [2.75, 3.05) is 6.54 Å². The molecule has 0 radical (unpaired) electrons. The zero-order valence-corrected chi connectivity index (χ0v) is 11.4. The molecule has 0 amide bonds. The van der Waals surface area contributed by atoms with Gasteiger partial charge >= 0.3 is 6.18 Å². The number of benzene rings is 2. The van der Waals surface area contributed by atoms with Crippen LogP contribution in [0.4, 0.5) is 17.6 Å². The molecule has 0 heterocycles. The highest BCUT2D eigenvalue weighted by Gasteiger charge is 2.32. The van der Waals surface area contributed by atoms with Gasteiger partial charge in [0.15, 0.2) is 0 Å². The Morgan fingerprint density at radius 3 is 2.29 bits per heavy atom. The molecule has 0 spiro atoms. The number of rotatable bonds is 4. The molecule has 1 nitrogen and oxygen atoms in total. The van der Waals surface area contributed by atoms with Crippen LogP contribution in [-0.2, 0) is 6.18 Å². The molecule has 2 aromatic carbocycles. The predicted molar refractivity (Wildman–Crippen MR) is 73.4 cm³/mol. The number of nitrogens with one attached hydrogen (secondary N) is 1. The average molecular weight is 297 g/mol. The molecule has 0 aliphatic heterocycles. The van der Waals surface area contributed by atoms with E-state index >= 15 is 0 Å². The molecule has 1 atom stereocenters. The minimum absolute atomic E-state index is 0.00197. The van der Waals surface area contributed by atoms with Crippen LogP contribution in [0.2, 0.25) is 0 Å². The average Bonchev–Trinajstić information content (AvgIpc) is 2.45. The van der Waals surface area contributed by atoms with Crippen molar-refractivity contribution in [3.8, 4) is 0 Å². The highest BCUT2D eigenvalue weighted by molar-refractivity contribution is 5.36. The van der Waals surface area contributed by atoms with Crippen LogP contribution < -0.4 is 5.32 Å². The molecule has 0 fully saturated rings. The van der Waals surface area contributed by atoms with Gasteiger partial charge in [-0.1, -0.05) is 37.3 Å². The summed E-state index contributed by atoms with van der Waals surface area (Å²) in [5.41, 5.74) is -0.131. The Kier molecular flexibility index (Phi) is 4.63. The van der Waals surface area contributed by atoms with Crippen LogP contribution in [0.15, 0.2) is 48.5 Å². The topological polar surface area (TPSA) is 12.0 Å². The van der Waals surface area contributed by atoms with Crippen molar-refractivity contribution in [3.05, 3.63) is 71.0 Å². The summed E-state index contributed by atoms with van der Waals surface area (Å²) in [6.07, 6.45) is -4.49. The molecule has 2 rings (SSSR count). The third kappa shape index (κ3) is 3.61. The van der Waals surface area contributed by atoms with Gasteiger partial charge in [0.25, 0.3) is 0 Å². The first kappa shape index (κ1) is 15.5. The molecule has 0 bridgehead atoms. The van der Waals surface area contributed by atoms with Crippen LogP contribution in [0.1, 0.15) is 29.7 Å². The summed E-state index contributed by atoms with van der Waals surface area (Å²) in [4.78, 5) is 0. The Morgan fingerprint density at radius 1 is 1.05 bits per heavy atom. The van der Waals surface area contributed by atoms with Crippen molar-refractivity contribution in [1.29, 1.82) is 0 Å². The van der Waals surface area contributed by atoms with Crippen LogP contribution in [0.5, 0.6) is 0 Å². The molecule has 0 aromatic heterocycles. The fourth-order valence-corrected chi connectivity index (χ4v) is 2.20. The summed E-state index contributed by atoms with van der Waals surface area (Å²) in [5, 5.41) is 3.03. The van der Waals surface area contributed by atoms with Crippen LogP contribution in [0, 0.1) is 5.82 Å². The van der Waals surface area contributed by atoms with Gasteiger partial charge in [0, 0.05) is 5.56 Å². The number of hydrogen-bond donors (Lipinski definition) is 1. The lowest BCUT2D eigenvalue weighted by Crippen LogP contribution is -2.23. The monoisotopic (exact) mass is 297 g/mol. The fraction of sp³-hybridized carbons (Fsp3) is 0.250. The van der Waals surface area contributed by atoms with Gasteiger partial charge in [-0.3, -0.25) is 0 Å². The SMILES string of the molecule is CCNC(c1ccccc1)c1cc(C(F)(F)F)ccc1F. The summed E-state index contributed by atoms with van der Waals surface area (Å²) in [6, 6.07) is 10.7. The maximum absolute atomic E-state index is 14.0. The molecular formula is C16H15F4N. The van der Waals surface area contributed by atoms with E-state index in [1.54, 1.807) is 30.3 Å². The van der Waals surface area contributed by atoms with E-state index in [4.69, 9.17) is 0 Å². The van der Waals surface area contributed by atoms with Crippen LogP contribution in [-0.4, -0.2) is 6.54 Å². The van der Waals surface area contributed by atoms with E-state index in [9.17, 15) is 17.6 Å². The van der Waals surface area contributed by atoms with Gasteiger partial charge in [-0.2, -0.15) is 13.2 Å². The Labute approximate surface area is 120 Å². The lowest BCUT2D eigenvalue weighted by Gasteiger charge is -2.21. The van der Waals surface area contributed by atoms with Crippen LogP contribution >= 0.6 is 0 Å². The van der Waals surface area contributed by atoms with Gasteiger partial charge in [0.2, 0.25) is 0 Å². The van der Waals surface area contributed by atoms with E-state index in [0.717, 1.165) is 23.8 Å². The Hall–Kier alpha value is -1.88. The molecule has 0 aliphatic rings. The van der Waals surface area contributed by atoms with Gasteiger partial charge in [-0.15, -0.1) is 0 Å². The summed E-state index contributed by atoms with van der Waals surface area (Å²) in [7, 11) is 0. The van der Waals surface area contributed by atoms with Gasteiger partial charge in [-0.05, 0) is 30.3 Å². The standard InChI is InChI=1S/C16H15F4N/c1-2-21-15(11-6-4-3-5-7-11)13-10-12(16(18,19)20)8-9-14(13)17/h3-10,15,21H,2H2,1H3. The van der Waals surface area contributed by atoms with Crippen molar-refractivity contribution in [2.45, 2.75) is 19.1 Å². The van der Waals surface area contributed by atoms with E-state index in [2.05, 4.69) is 5.32 Å². The summed E-state index contributed by atoms with van der Waals surface area (Å²) < 4.78 is 52.4. The minimum Gasteiger partial charge on any atom is -0.306 e. The van der Waals surface area contributed by atoms with Crippen molar-refractivity contribution >= 4 is 0 Å². The van der Waals surface area contributed by atoms with Gasteiger partial charge < -0.3 is 5.32 Å². The smallest absolute Gasteiger partial charge is 0.306 e. The normalized spacial score (nSPS) is 13.2. The second kappa shape index (κ2) is 6.26. The Bertz CT molecular complexity index is 593. The quantitative estimate of drug-likeness (QED) is 0.817. The van der Waals surface area contributed by atoms with E-state index in [1.165, 1.54) is 0 Å². The number of alkyl halides is 3. The molecule has 2 aromatic rings. The molecule has 1 unspecified atom stereocenters. The van der Waals surface area contributed by atoms with Crippen molar-refractivity contribution in [3.63, 3.8) is 0 Å². The van der Waals surface area contributed by atoms with Crippen molar-refractivity contribution < 1.29 is 17.6 Å². The van der Waals surface area contributed by atoms with Crippen molar-refractivity contribution in [1.82, 2.24) is 5.32 Å². The lowest BCUT2D eigenvalue weighted by atomic mass is 9.96. The molecule has 5 heteroatoms. The molecule has 0 aliphatic carbocycles. The van der Waals surface area contributed by atoms with Gasteiger partial charge in [0.05, 0.1) is 11.6 Å². The highest BCUT2D eigenvalue weighted by Crippen LogP contribution is 2.33. The molecule has 112 valence electrons. The molecule has 21 heavy (non-hydrogen) atoms. The Morgan fingerprint density at radius 2 is 1.71 bits per heavy atom. The van der Waals surface area contributed by atoms with Gasteiger partial charge in [-0.25, -0.2) is 4.39 Å².